The minimum Gasteiger partial charge on any atom is -0.486 e. The first-order valence-electron chi connectivity index (χ1n) is 6.97. The lowest BCUT2D eigenvalue weighted by atomic mass is 9.97. The third-order valence-corrected chi connectivity index (χ3v) is 3.68. The van der Waals surface area contributed by atoms with Crippen molar-refractivity contribution in [1.29, 1.82) is 0 Å². The van der Waals surface area contributed by atoms with Crippen LogP contribution in [0.25, 0.3) is 0 Å². The molecule has 1 unspecified atom stereocenters. The zero-order valence-corrected chi connectivity index (χ0v) is 11.8. The van der Waals surface area contributed by atoms with Gasteiger partial charge >= 0.3 is 0 Å². The summed E-state index contributed by atoms with van der Waals surface area (Å²) in [6, 6.07) is 10.1. The minimum atomic E-state index is -0.762. The summed E-state index contributed by atoms with van der Waals surface area (Å²) in [6.45, 7) is 2.88. The smallest absolute Gasteiger partial charge is 0.167 e. The number of aliphatic hydroxyl groups is 1. The molecule has 1 N–H and O–H groups in total. The molecule has 1 aliphatic rings. The molecule has 0 radical (unpaired) electrons. The van der Waals surface area contributed by atoms with Gasteiger partial charge < -0.3 is 14.6 Å². The Kier molecular flexibility index (Phi) is 3.80. The molecule has 3 nitrogen and oxygen atoms in total. The van der Waals surface area contributed by atoms with E-state index in [0.717, 1.165) is 11.1 Å². The van der Waals surface area contributed by atoms with Crippen LogP contribution in [0.5, 0.6) is 11.5 Å². The Bertz CT molecular complexity index is 654. The van der Waals surface area contributed by atoms with Crippen molar-refractivity contribution in [1.82, 2.24) is 0 Å². The van der Waals surface area contributed by atoms with E-state index in [1.807, 2.05) is 25.1 Å². The van der Waals surface area contributed by atoms with Crippen LogP contribution >= 0.6 is 0 Å². The van der Waals surface area contributed by atoms with E-state index < -0.39 is 6.10 Å². The third-order valence-electron chi connectivity index (χ3n) is 3.68. The highest BCUT2D eigenvalue weighted by molar-refractivity contribution is 5.49. The lowest BCUT2D eigenvalue weighted by molar-refractivity contribution is 0.146. The first-order chi connectivity index (χ1) is 10.1. The Morgan fingerprint density at radius 2 is 2.00 bits per heavy atom. The fourth-order valence-corrected chi connectivity index (χ4v) is 2.54. The molecule has 1 heterocycles. The van der Waals surface area contributed by atoms with E-state index in [2.05, 4.69) is 0 Å². The quantitative estimate of drug-likeness (QED) is 0.942. The van der Waals surface area contributed by atoms with E-state index in [9.17, 15) is 9.50 Å². The molecule has 1 atom stereocenters. The number of hydrogen-bond donors (Lipinski definition) is 1. The van der Waals surface area contributed by atoms with Crippen LogP contribution in [0.1, 0.15) is 22.8 Å². The van der Waals surface area contributed by atoms with Gasteiger partial charge in [-0.25, -0.2) is 4.39 Å². The number of para-hydroxylation sites is 1. The van der Waals surface area contributed by atoms with Gasteiger partial charge in [0, 0.05) is 12.0 Å². The molecule has 2 aromatic rings. The topological polar surface area (TPSA) is 38.7 Å². The monoisotopic (exact) mass is 288 g/mol. The average molecular weight is 288 g/mol. The van der Waals surface area contributed by atoms with Crippen LogP contribution in [0.4, 0.5) is 4.39 Å². The summed E-state index contributed by atoms with van der Waals surface area (Å²) in [6.07, 6.45) is -0.425. The van der Waals surface area contributed by atoms with Crippen molar-refractivity contribution in [3.05, 3.63) is 58.9 Å². The van der Waals surface area contributed by atoms with Crippen molar-refractivity contribution in [2.45, 2.75) is 19.4 Å². The predicted molar refractivity (Wildman–Crippen MR) is 77.2 cm³/mol. The molecule has 2 aromatic carbocycles. The minimum absolute atomic E-state index is 0.294. The largest absolute Gasteiger partial charge is 0.486 e. The molecule has 21 heavy (non-hydrogen) atoms. The number of hydrogen-bond acceptors (Lipinski definition) is 3. The molecule has 1 aliphatic heterocycles. The van der Waals surface area contributed by atoms with E-state index in [1.54, 1.807) is 6.07 Å². The molecular formula is C17H17FO3. The second-order valence-corrected chi connectivity index (χ2v) is 5.16. The summed E-state index contributed by atoms with van der Waals surface area (Å²) in [7, 11) is 0. The Balaban J connectivity index is 1.89. The van der Waals surface area contributed by atoms with E-state index >= 15 is 0 Å². The van der Waals surface area contributed by atoms with Gasteiger partial charge in [-0.15, -0.1) is 0 Å². The van der Waals surface area contributed by atoms with Crippen molar-refractivity contribution < 1.29 is 19.0 Å². The molecule has 0 fully saturated rings. The van der Waals surface area contributed by atoms with Crippen LogP contribution in [0.2, 0.25) is 0 Å². The number of aryl methyl sites for hydroxylation is 1. The standard InChI is InChI=1S/C17H17FO3/c1-11-5-6-13(18)9-12(11)10-15(19)14-3-2-4-16-17(14)21-8-7-20-16/h2-6,9,15,19H,7-8,10H2,1H3. The van der Waals surface area contributed by atoms with Crippen LogP contribution < -0.4 is 9.47 Å². The lowest BCUT2D eigenvalue weighted by Gasteiger charge is -2.23. The second-order valence-electron chi connectivity index (χ2n) is 5.16. The highest BCUT2D eigenvalue weighted by Gasteiger charge is 2.21. The molecular weight excluding hydrogens is 271 g/mol. The van der Waals surface area contributed by atoms with Crippen molar-refractivity contribution in [3.8, 4) is 11.5 Å². The van der Waals surface area contributed by atoms with Gasteiger partial charge in [0.2, 0.25) is 0 Å². The summed E-state index contributed by atoms with van der Waals surface area (Å²) in [5, 5.41) is 10.5. The Labute approximate surface area is 122 Å². The molecule has 0 saturated heterocycles. The van der Waals surface area contributed by atoms with Gasteiger partial charge in [0.15, 0.2) is 11.5 Å². The SMILES string of the molecule is Cc1ccc(F)cc1CC(O)c1cccc2c1OCCO2. The van der Waals surface area contributed by atoms with Crippen molar-refractivity contribution >= 4 is 0 Å². The van der Waals surface area contributed by atoms with Gasteiger partial charge in [-0.05, 0) is 36.2 Å². The number of halogens is 1. The normalized spacial score (nSPS) is 14.8. The van der Waals surface area contributed by atoms with Crippen molar-refractivity contribution in [2.75, 3.05) is 13.2 Å². The number of fused-ring (bicyclic) bond motifs is 1. The third kappa shape index (κ3) is 2.85. The molecule has 0 bridgehead atoms. The summed E-state index contributed by atoms with van der Waals surface area (Å²) >= 11 is 0. The van der Waals surface area contributed by atoms with Crippen molar-refractivity contribution in [3.63, 3.8) is 0 Å². The Hall–Kier alpha value is -2.07. The van der Waals surface area contributed by atoms with Crippen LogP contribution in [-0.4, -0.2) is 18.3 Å². The fraction of sp³-hybridized carbons (Fsp3) is 0.294. The van der Waals surface area contributed by atoms with E-state index in [1.165, 1.54) is 12.1 Å². The number of ether oxygens (including phenoxy) is 2. The number of benzene rings is 2. The number of rotatable bonds is 3. The van der Waals surface area contributed by atoms with E-state index in [4.69, 9.17) is 9.47 Å². The Morgan fingerprint density at radius 1 is 1.19 bits per heavy atom. The highest BCUT2D eigenvalue weighted by Crippen LogP contribution is 2.38. The zero-order chi connectivity index (χ0) is 14.8. The van der Waals surface area contributed by atoms with Crippen LogP contribution in [0.3, 0.4) is 0 Å². The average Bonchev–Trinajstić information content (AvgIpc) is 2.50. The number of aliphatic hydroxyl groups excluding tert-OH is 1. The summed E-state index contributed by atoms with van der Waals surface area (Å²) in [5.41, 5.74) is 2.42. The molecule has 110 valence electrons. The lowest BCUT2D eigenvalue weighted by Crippen LogP contribution is -2.17. The predicted octanol–water partition coefficient (Wildman–Crippen LogP) is 3.18. The summed E-state index contributed by atoms with van der Waals surface area (Å²) in [5.74, 6) is 0.941. The molecule has 0 aromatic heterocycles. The van der Waals surface area contributed by atoms with E-state index in [0.29, 0.717) is 36.7 Å². The van der Waals surface area contributed by atoms with Crippen LogP contribution in [-0.2, 0) is 6.42 Å². The van der Waals surface area contributed by atoms with Crippen LogP contribution in [0, 0.1) is 12.7 Å². The van der Waals surface area contributed by atoms with Gasteiger partial charge in [-0.2, -0.15) is 0 Å². The molecule has 0 spiro atoms. The molecule has 4 heteroatoms. The molecule has 0 amide bonds. The highest BCUT2D eigenvalue weighted by atomic mass is 19.1. The van der Waals surface area contributed by atoms with Gasteiger partial charge in [0.05, 0.1) is 6.10 Å². The van der Waals surface area contributed by atoms with Crippen molar-refractivity contribution in [2.24, 2.45) is 0 Å². The maximum absolute atomic E-state index is 13.3. The van der Waals surface area contributed by atoms with Gasteiger partial charge in [-0.3, -0.25) is 0 Å². The second kappa shape index (κ2) is 5.74. The van der Waals surface area contributed by atoms with Gasteiger partial charge in [0.1, 0.15) is 19.0 Å². The summed E-state index contributed by atoms with van der Waals surface area (Å²) < 4.78 is 24.5. The Morgan fingerprint density at radius 3 is 2.86 bits per heavy atom. The summed E-state index contributed by atoms with van der Waals surface area (Å²) in [4.78, 5) is 0. The van der Waals surface area contributed by atoms with Crippen LogP contribution in [0.15, 0.2) is 36.4 Å². The molecule has 3 rings (SSSR count). The maximum atomic E-state index is 13.3. The first kappa shape index (κ1) is 13.9. The van der Waals surface area contributed by atoms with Gasteiger partial charge in [-0.1, -0.05) is 18.2 Å². The van der Waals surface area contributed by atoms with E-state index in [-0.39, 0.29) is 5.82 Å². The molecule has 0 aliphatic carbocycles. The van der Waals surface area contributed by atoms with Gasteiger partial charge in [0.25, 0.3) is 0 Å². The first-order valence-corrected chi connectivity index (χ1v) is 6.97. The zero-order valence-electron chi connectivity index (χ0n) is 11.8. The molecule has 0 saturated carbocycles. The maximum Gasteiger partial charge on any atom is 0.167 e. The fourth-order valence-electron chi connectivity index (χ4n) is 2.54.